The van der Waals surface area contributed by atoms with E-state index in [0.29, 0.717) is 25.6 Å². The van der Waals surface area contributed by atoms with E-state index < -0.39 is 51.7 Å². The highest BCUT2D eigenvalue weighted by Crippen LogP contribution is 2.34. The first-order valence-electron chi connectivity index (χ1n) is 11.9. The van der Waals surface area contributed by atoms with Crippen molar-refractivity contribution in [2.45, 2.75) is 75.3 Å². The van der Waals surface area contributed by atoms with Crippen molar-refractivity contribution < 1.29 is 46.4 Å². The Labute approximate surface area is 212 Å². The van der Waals surface area contributed by atoms with E-state index in [1.165, 1.54) is 31.4 Å². The molecule has 2 heterocycles. The van der Waals surface area contributed by atoms with E-state index >= 15 is 0 Å². The van der Waals surface area contributed by atoms with Crippen LogP contribution >= 0.6 is 0 Å². The summed E-state index contributed by atoms with van der Waals surface area (Å²) in [5.41, 5.74) is -0.783. The fourth-order valence-corrected chi connectivity index (χ4v) is 5.20. The second kappa shape index (κ2) is 11.7. The number of esters is 1. The Bertz CT molecular complexity index is 979. The van der Waals surface area contributed by atoms with Gasteiger partial charge in [0.2, 0.25) is 10.0 Å². The Balaban J connectivity index is 1.82. The molecule has 1 aromatic carbocycles. The van der Waals surface area contributed by atoms with Crippen LogP contribution in [0.3, 0.4) is 0 Å². The lowest BCUT2D eigenvalue weighted by atomic mass is 9.97. The van der Waals surface area contributed by atoms with E-state index in [2.05, 4.69) is 4.72 Å². The molecule has 0 radical (unpaired) electrons. The highest BCUT2D eigenvalue weighted by molar-refractivity contribution is 7.89. The molecular weight excluding hydrogens is 494 g/mol. The van der Waals surface area contributed by atoms with Gasteiger partial charge in [0.05, 0.1) is 37.4 Å². The minimum absolute atomic E-state index is 0.0531. The first-order chi connectivity index (χ1) is 16.9. The van der Waals surface area contributed by atoms with Crippen molar-refractivity contribution in [3.8, 4) is 5.75 Å². The highest BCUT2D eigenvalue weighted by Gasteiger charge is 2.51. The molecule has 2 aliphatic heterocycles. The summed E-state index contributed by atoms with van der Waals surface area (Å²) in [4.78, 5) is 12.8. The number of hydrogen-bond donors (Lipinski definition) is 1. The molecule has 1 N–H and O–H groups in total. The second-order valence-electron chi connectivity index (χ2n) is 9.62. The van der Waals surface area contributed by atoms with Gasteiger partial charge in [-0.25, -0.2) is 8.42 Å². The summed E-state index contributed by atoms with van der Waals surface area (Å²) in [6, 6.07) is 4.45. The topological polar surface area (TPSA) is 128 Å². The average molecular weight is 532 g/mol. The summed E-state index contributed by atoms with van der Waals surface area (Å²) in [5.74, 6) is -1.17. The third kappa shape index (κ3) is 7.37. The molecule has 12 heteroatoms. The molecule has 0 saturated carbocycles. The maximum absolute atomic E-state index is 13.3. The van der Waals surface area contributed by atoms with Crippen LogP contribution in [0.4, 0.5) is 0 Å². The first kappa shape index (κ1) is 28.8. The maximum Gasteiger partial charge on any atom is 0.326 e. The number of rotatable bonds is 11. The molecular formula is C24H37NO10S. The lowest BCUT2D eigenvalue weighted by Gasteiger charge is -2.44. The Hall–Kier alpha value is -1.80. The lowest BCUT2D eigenvalue weighted by Crippen LogP contribution is -2.63. The summed E-state index contributed by atoms with van der Waals surface area (Å²) in [6.07, 6.45) is -2.40. The van der Waals surface area contributed by atoms with Crippen molar-refractivity contribution in [2.75, 3.05) is 40.1 Å². The fourth-order valence-electron chi connectivity index (χ4n) is 4.00. The van der Waals surface area contributed by atoms with Gasteiger partial charge in [0, 0.05) is 6.61 Å². The number of carbonyl (C=O) groups excluding carboxylic acids is 1. The Morgan fingerprint density at radius 2 is 1.83 bits per heavy atom. The first-order valence-corrected chi connectivity index (χ1v) is 13.4. The van der Waals surface area contributed by atoms with E-state index in [0.717, 1.165) is 0 Å². The van der Waals surface area contributed by atoms with Crippen molar-refractivity contribution >= 4 is 16.0 Å². The van der Waals surface area contributed by atoms with Gasteiger partial charge in [-0.15, -0.1) is 0 Å². The van der Waals surface area contributed by atoms with Crippen LogP contribution in [0, 0.1) is 0 Å². The molecule has 2 fully saturated rings. The Morgan fingerprint density at radius 3 is 2.42 bits per heavy atom. The quantitative estimate of drug-likeness (QED) is 0.332. The van der Waals surface area contributed by atoms with Crippen LogP contribution in [-0.2, 0) is 43.2 Å². The van der Waals surface area contributed by atoms with E-state index in [9.17, 15) is 13.2 Å². The molecule has 3 rings (SSSR count). The van der Waals surface area contributed by atoms with Gasteiger partial charge < -0.3 is 33.2 Å². The minimum atomic E-state index is -4.16. The molecule has 1 aromatic rings. The zero-order chi connectivity index (χ0) is 26.6. The molecule has 0 spiro atoms. The van der Waals surface area contributed by atoms with Crippen LogP contribution in [0.1, 0.15) is 34.6 Å². The molecule has 0 bridgehead atoms. The largest absolute Gasteiger partial charge is 0.491 e. The monoisotopic (exact) mass is 531 g/mol. The molecule has 0 aromatic heterocycles. The summed E-state index contributed by atoms with van der Waals surface area (Å²) >= 11 is 0. The van der Waals surface area contributed by atoms with E-state index in [4.69, 9.17) is 33.2 Å². The van der Waals surface area contributed by atoms with Crippen LogP contribution in [0.2, 0.25) is 0 Å². The third-order valence-electron chi connectivity index (χ3n) is 5.70. The van der Waals surface area contributed by atoms with Crippen molar-refractivity contribution in [1.82, 2.24) is 4.72 Å². The second-order valence-corrected chi connectivity index (χ2v) is 11.3. The van der Waals surface area contributed by atoms with Crippen LogP contribution in [0.25, 0.3) is 0 Å². The molecule has 204 valence electrons. The zero-order valence-electron chi connectivity index (χ0n) is 21.6. The molecule has 0 unspecified atom stereocenters. The number of ether oxygens (including phenoxy) is 7. The van der Waals surface area contributed by atoms with E-state index in [-0.39, 0.29) is 18.1 Å². The number of carbonyl (C=O) groups is 1. The van der Waals surface area contributed by atoms with Crippen LogP contribution in [0.5, 0.6) is 5.75 Å². The standard InChI is InChI=1S/C24H37NO10S/c1-7-30-12-13-31-16-8-10-17(11-9-16)36(27,28)25-19(22(26)29-6)21-20(32-15-23(2,3)35-21)18-14-33-24(4,5)34-18/h8-11,18-21,25H,7,12-15H2,1-6H3/t18-,19+,20+,21+/m0/s1. The number of nitrogens with one attached hydrogen (secondary N) is 1. The molecule has 11 nitrogen and oxygen atoms in total. The van der Waals surface area contributed by atoms with Crippen LogP contribution in [0.15, 0.2) is 29.2 Å². The third-order valence-corrected chi connectivity index (χ3v) is 7.16. The lowest BCUT2D eigenvalue weighted by molar-refractivity contribution is -0.254. The van der Waals surface area contributed by atoms with Crippen molar-refractivity contribution in [2.24, 2.45) is 0 Å². The van der Waals surface area contributed by atoms with E-state index in [1.54, 1.807) is 27.7 Å². The van der Waals surface area contributed by atoms with Crippen LogP contribution < -0.4 is 9.46 Å². The average Bonchev–Trinajstić information content (AvgIpc) is 3.19. The van der Waals surface area contributed by atoms with Gasteiger partial charge in [0.25, 0.3) is 0 Å². The minimum Gasteiger partial charge on any atom is -0.491 e. The summed E-state index contributed by atoms with van der Waals surface area (Å²) < 4.78 is 68.6. The molecule has 4 atom stereocenters. The molecule has 0 amide bonds. The van der Waals surface area contributed by atoms with E-state index in [1.807, 2.05) is 6.92 Å². The smallest absolute Gasteiger partial charge is 0.326 e. The predicted molar refractivity (Wildman–Crippen MR) is 128 cm³/mol. The molecule has 36 heavy (non-hydrogen) atoms. The molecule has 2 saturated heterocycles. The number of sulfonamides is 1. The van der Waals surface area contributed by atoms with Gasteiger partial charge in [0.15, 0.2) is 5.79 Å². The normalized spacial score (nSPS) is 26.3. The Morgan fingerprint density at radius 1 is 1.14 bits per heavy atom. The zero-order valence-corrected chi connectivity index (χ0v) is 22.5. The maximum atomic E-state index is 13.3. The van der Waals surface area contributed by atoms with Gasteiger partial charge in [-0.3, -0.25) is 4.79 Å². The van der Waals surface area contributed by atoms with Gasteiger partial charge in [-0.1, -0.05) is 0 Å². The number of benzene rings is 1. The molecule has 0 aliphatic carbocycles. The summed E-state index contributed by atoms with van der Waals surface area (Å²) in [6.45, 7) is 10.8. The van der Waals surface area contributed by atoms with Gasteiger partial charge in [-0.2, -0.15) is 4.72 Å². The van der Waals surface area contributed by atoms with Crippen molar-refractivity contribution in [1.29, 1.82) is 0 Å². The number of methoxy groups -OCH3 is 1. The number of hydrogen-bond acceptors (Lipinski definition) is 10. The van der Waals surface area contributed by atoms with Gasteiger partial charge in [-0.05, 0) is 58.9 Å². The van der Waals surface area contributed by atoms with Gasteiger partial charge >= 0.3 is 5.97 Å². The predicted octanol–water partition coefficient (Wildman–Crippen LogP) is 1.64. The summed E-state index contributed by atoms with van der Waals surface area (Å²) in [7, 11) is -2.97. The summed E-state index contributed by atoms with van der Waals surface area (Å²) in [5, 5.41) is 0. The van der Waals surface area contributed by atoms with Gasteiger partial charge in [0.1, 0.15) is 36.7 Å². The van der Waals surface area contributed by atoms with Crippen molar-refractivity contribution in [3.63, 3.8) is 0 Å². The van der Waals surface area contributed by atoms with Crippen LogP contribution in [-0.4, -0.2) is 90.3 Å². The SMILES string of the molecule is CCOCCOc1ccc(S(=O)(=O)N[C@@H](C(=O)OC)[C@H]2OC(C)(C)CO[C@@H]2[C@@H]2COC(C)(C)O2)cc1. The van der Waals surface area contributed by atoms with Crippen molar-refractivity contribution in [3.05, 3.63) is 24.3 Å². The fraction of sp³-hybridized carbons (Fsp3) is 0.708. The molecule has 2 aliphatic rings. The Kier molecular flexibility index (Phi) is 9.36. The highest BCUT2D eigenvalue weighted by atomic mass is 32.2.